The van der Waals surface area contributed by atoms with Crippen LogP contribution in [0.5, 0.6) is 5.75 Å². The van der Waals surface area contributed by atoms with Gasteiger partial charge in [0.05, 0.1) is 5.56 Å². The van der Waals surface area contributed by atoms with Crippen molar-refractivity contribution in [3.8, 4) is 5.75 Å². The summed E-state index contributed by atoms with van der Waals surface area (Å²) in [4.78, 5) is 14.1. The number of nitrogens with zero attached hydrogens (tertiary/aromatic N) is 1. The maximum Gasteiger partial charge on any atom is 0.255 e. The molecule has 0 aromatic heterocycles. The number of aromatic hydroxyl groups is 1. The monoisotopic (exact) mass is 250 g/mol. The molecule has 0 saturated carbocycles. The zero-order valence-corrected chi connectivity index (χ0v) is 11.5. The lowest BCUT2D eigenvalue weighted by molar-refractivity contribution is 0.0914. The van der Waals surface area contributed by atoms with E-state index in [2.05, 4.69) is 19.2 Å². The van der Waals surface area contributed by atoms with Crippen LogP contribution < -0.4 is 5.32 Å². The second-order valence-electron chi connectivity index (χ2n) is 5.10. The number of hydrogen-bond acceptors (Lipinski definition) is 3. The zero-order valence-electron chi connectivity index (χ0n) is 11.5. The molecule has 18 heavy (non-hydrogen) atoms. The summed E-state index contributed by atoms with van der Waals surface area (Å²) in [5.74, 6) is 0.123. The van der Waals surface area contributed by atoms with E-state index < -0.39 is 0 Å². The van der Waals surface area contributed by atoms with E-state index in [-0.39, 0.29) is 17.7 Å². The van der Waals surface area contributed by atoms with Gasteiger partial charge in [0.1, 0.15) is 5.75 Å². The first kappa shape index (κ1) is 14.5. The van der Waals surface area contributed by atoms with Gasteiger partial charge in [0.25, 0.3) is 5.91 Å². The zero-order chi connectivity index (χ0) is 13.7. The number of likely N-dealkylation sites (N-methyl/N-ethyl adjacent to an activating group) is 1. The van der Waals surface area contributed by atoms with Crippen molar-refractivity contribution < 1.29 is 9.90 Å². The van der Waals surface area contributed by atoms with Crippen molar-refractivity contribution in [3.63, 3.8) is 0 Å². The lowest BCUT2D eigenvalue weighted by atomic mass is 10.0. The molecule has 0 radical (unpaired) electrons. The molecule has 0 aliphatic carbocycles. The lowest BCUT2D eigenvalue weighted by Crippen LogP contribution is -2.45. The van der Waals surface area contributed by atoms with Crippen molar-refractivity contribution in [2.24, 2.45) is 5.92 Å². The van der Waals surface area contributed by atoms with Crippen LogP contribution in [0.4, 0.5) is 0 Å². The molecule has 0 aliphatic rings. The number of rotatable bonds is 5. The van der Waals surface area contributed by atoms with Gasteiger partial charge in [-0.1, -0.05) is 26.0 Å². The number of phenolic OH excluding ortho intramolecular Hbond substituents is 1. The number of benzene rings is 1. The van der Waals surface area contributed by atoms with Crippen molar-refractivity contribution in [2.45, 2.75) is 19.9 Å². The van der Waals surface area contributed by atoms with Gasteiger partial charge < -0.3 is 15.3 Å². The van der Waals surface area contributed by atoms with Gasteiger partial charge in [-0.15, -0.1) is 0 Å². The van der Waals surface area contributed by atoms with Crippen LogP contribution in [0.15, 0.2) is 24.3 Å². The maximum absolute atomic E-state index is 12.1. The molecule has 4 heteroatoms. The molecule has 100 valence electrons. The Bertz CT molecular complexity index is 403. The van der Waals surface area contributed by atoms with E-state index in [1.54, 1.807) is 18.2 Å². The Balaban J connectivity index is 2.76. The summed E-state index contributed by atoms with van der Waals surface area (Å²) in [6.07, 6.45) is 0. The summed E-state index contributed by atoms with van der Waals surface area (Å²) in [7, 11) is 3.95. The van der Waals surface area contributed by atoms with Gasteiger partial charge in [-0.2, -0.15) is 0 Å². The standard InChI is InChI=1S/C14H22N2O2/c1-10(2)12(9-16(3)4)15-14(18)11-7-5-6-8-13(11)17/h5-8,10,12,17H,9H2,1-4H3,(H,15,18). The van der Waals surface area contributed by atoms with Crippen LogP contribution in [-0.4, -0.2) is 42.6 Å². The highest BCUT2D eigenvalue weighted by atomic mass is 16.3. The lowest BCUT2D eigenvalue weighted by Gasteiger charge is -2.25. The van der Waals surface area contributed by atoms with Gasteiger partial charge in [-0.25, -0.2) is 0 Å². The first-order valence-electron chi connectivity index (χ1n) is 6.15. The van der Waals surface area contributed by atoms with Crippen LogP contribution in [0.3, 0.4) is 0 Å². The van der Waals surface area contributed by atoms with Crippen LogP contribution in [0.1, 0.15) is 24.2 Å². The average Bonchev–Trinajstić information content (AvgIpc) is 2.27. The Morgan fingerprint density at radius 1 is 1.33 bits per heavy atom. The van der Waals surface area contributed by atoms with E-state index >= 15 is 0 Å². The van der Waals surface area contributed by atoms with Crippen LogP contribution >= 0.6 is 0 Å². The molecule has 4 nitrogen and oxygen atoms in total. The maximum atomic E-state index is 12.1. The molecule has 1 unspecified atom stereocenters. The third-order valence-electron chi connectivity index (χ3n) is 2.83. The number of hydrogen-bond donors (Lipinski definition) is 2. The molecular formula is C14H22N2O2. The molecule has 0 saturated heterocycles. The Labute approximate surface area is 109 Å². The van der Waals surface area contributed by atoms with E-state index in [0.29, 0.717) is 11.5 Å². The minimum absolute atomic E-state index is 0.0161. The first-order valence-corrected chi connectivity index (χ1v) is 6.15. The van der Waals surface area contributed by atoms with Gasteiger partial charge in [-0.05, 0) is 32.1 Å². The van der Waals surface area contributed by atoms with Gasteiger partial charge >= 0.3 is 0 Å². The molecule has 1 aromatic carbocycles. The normalized spacial score (nSPS) is 12.8. The second kappa shape index (κ2) is 6.40. The highest BCUT2D eigenvalue weighted by Crippen LogP contribution is 2.16. The topological polar surface area (TPSA) is 52.6 Å². The van der Waals surface area contributed by atoms with E-state index in [9.17, 15) is 9.90 Å². The summed E-state index contributed by atoms with van der Waals surface area (Å²) in [5, 5.41) is 12.6. The van der Waals surface area contributed by atoms with Crippen LogP contribution in [0, 0.1) is 5.92 Å². The predicted octanol–water partition coefficient (Wildman–Crippen LogP) is 1.71. The number of nitrogens with one attached hydrogen (secondary N) is 1. The first-order chi connectivity index (χ1) is 8.41. The van der Waals surface area contributed by atoms with E-state index in [1.807, 2.05) is 19.0 Å². The van der Waals surface area contributed by atoms with Crippen molar-refractivity contribution in [2.75, 3.05) is 20.6 Å². The third-order valence-corrected chi connectivity index (χ3v) is 2.83. The van der Waals surface area contributed by atoms with Crippen LogP contribution in [0.25, 0.3) is 0 Å². The smallest absolute Gasteiger partial charge is 0.255 e. The fraction of sp³-hybridized carbons (Fsp3) is 0.500. The molecule has 1 amide bonds. The van der Waals surface area contributed by atoms with E-state index in [0.717, 1.165) is 6.54 Å². The quantitative estimate of drug-likeness (QED) is 0.836. The Morgan fingerprint density at radius 3 is 2.44 bits per heavy atom. The minimum atomic E-state index is -0.228. The Hall–Kier alpha value is -1.55. The van der Waals surface area contributed by atoms with Crippen molar-refractivity contribution in [1.82, 2.24) is 10.2 Å². The molecule has 0 bridgehead atoms. The molecule has 0 heterocycles. The van der Waals surface area contributed by atoms with Crippen molar-refractivity contribution >= 4 is 5.91 Å². The summed E-state index contributed by atoms with van der Waals surface area (Å²) in [6.45, 7) is 4.91. The van der Waals surface area contributed by atoms with E-state index in [4.69, 9.17) is 0 Å². The van der Waals surface area contributed by atoms with Gasteiger partial charge in [0, 0.05) is 12.6 Å². The van der Waals surface area contributed by atoms with Gasteiger partial charge in [0.2, 0.25) is 0 Å². The van der Waals surface area contributed by atoms with E-state index in [1.165, 1.54) is 6.07 Å². The molecule has 1 atom stereocenters. The summed E-state index contributed by atoms with van der Waals surface area (Å²) >= 11 is 0. The molecular weight excluding hydrogens is 228 g/mol. The number of phenols is 1. The Morgan fingerprint density at radius 2 is 1.94 bits per heavy atom. The summed E-state index contributed by atoms with van der Waals surface area (Å²) in [5.41, 5.74) is 0.321. The van der Waals surface area contributed by atoms with Crippen LogP contribution in [0.2, 0.25) is 0 Å². The van der Waals surface area contributed by atoms with Crippen molar-refractivity contribution in [3.05, 3.63) is 29.8 Å². The fourth-order valence-corrected chi connectivity index (χ4v) is 1.73. The summed E-state index contributed by atoms with van der Waals surface area (Å²) < 4.78 is 0. The molecule has 1 rings (SSSR count). The average molecular weight is 250 g/mol. The SMILES string of the molecule is CC(C)C(CN(C)C)NC(=O)c1ccccc1O. The van der Waals surface area contributed by atoms with Crippen LogP contribution in [-0.2, 0) is 0 Å². The number of amides is 1. The highest BCUT2D eigenvalue weighted by Gasteiger charge is 2.19. The number of carbonyl (C=O) groups excluding carboxylic acids is 1. The predicted molar refractivity (Wildman–Crippen MR) is 72.8 cm³/mol. The van der Waals surface area contributed by atoms with Crippen molar-refractivity contribution in [1.29, 1.82) is 0 Å². The molecule has 1 aromatic rings. The third kappa shape index (κ3) is 4.04. The summed E-state index contributed by atoms with van der Waals surface area (Å²) in [6, 6.07) is 6.65. The highest BCUT2D eigenvalue weighted by molar-refractivity contribution is 5.96. The molecule has 2 N–H and O–H groups in total. The van der Waals surface area contributed by atoms with Gasteiger partial charge in [0.15, 0.2) is 0 Å². The Kier molecular flexibility index (Phi) is 5.16. The molecule has 0 spiro atoms. The number of para-hydroxylation sites is 1. The van der Waals surface area contributed by atoms with Gasteiger partial charge in [-0.3, -0.25) is 4.79 Å². The molecule has 0 fully saturated rings. The number of carbonyl (C=O) groups is 1. The fourth-order valence-electron chi connectivity index (χ4n) is 1.73. The minimum Gasteiger partial charge on any atom is -0.507 e. The molecule has 0 aliphatic heterocycles. The largest absolute Gasteiger partial charge is 0.507 e. The second-order valence-corrected chi connectivity index (χ2v) is 5.10.